The number of phenolic OH excluding ortho intramolecular Hbond substituents is 1. The van der Waals surface area contributed by atoms with Crippen molar-refractivity contribution < 1.29 is 9.90 Å². The van der Waals surface area contributed by atoms with Gasteiger partial charge in [-0.25, -0.2) is 0 Å². The molecule has 18 heavy (non-hydrogen) atoms. The molecule has 0 amide bonds. The second-order valence-corrected chi connectivity index (χ2v) is 4.36. The topological polar surface area (TPSA) is 40.5 Å². The van der Waals surface area contributed by atoms with E-state index in [1.807, 2.05) is 38.4 Å². The van der Waals surface area contributed by atoms with Crippen LogP contribution >= 0.6 is 0 Å². The molecule has 2 rings (SSSR count). The Bertz CT molecular complexity index is 615. The molecule has 3 heteroatoms. The largest absolute Gasteiger partial charge is 0.507 e. The van der Waals surface area contributed by atoms with Crippen LogP contribution in [0.5, 0.6) is 5.75 Å². The normalized spacial score (nSPS) is 11.0. The molecule has 0 aliphatic carbocycles. The Hall–Kier alpha value is -2.29. The second-order valence-electron chi connectivity index (χ2n) is 4.36. The van der Waals surface area contributed by atoms with Crippen LogP contribution in [0.2, 0.25) is 0 Å². The molecule has 0 heterocycles. The van der Waals surface area contributed by atoms with Gasteiger partial charge in [-0.1, -0.05) is 24.3 Å². The molecule has 0 bridgehead atoms. The van der Waals surface area contributed by atoms with Gasteiger partial charge in [-0.3, -0.25) is 4.79 Å². The van der Waals surface area contributed by atoms with Gasteiger partial charge in [-0.2, -0.15) is 0 Å². The number of ketones is 1. The second kappa shape index (κ2) is 4.92. The molecular weight excluding hydrogens is 226 g/mol. The summed E-state index contributed by atoms with van der Waals surface area (Å²) < 4.78 is 0. The first kappa shape index (κ1) is 12.2. The van der Waals surface area contributed by atoms with Crippen molar-refractivity contribution in [1.29, 1.82) is 0 Å². The summed E-state index contributed by atoms with van der Waals surface area (Å²) in [5, 5.41) is 11.7. The molecule has 0 aromatic heterocycles. The standard InChI is InChI=1S/C15H15NO2/c1-16(2)8-7-14(17)13-9-11-5-3-4-6-12(11)10-15(13)18/h3-10,18H,1-2H3/b8-7+. The maximum Gasteiger partial charge on any atom is 0.191 e. The fourth-order valence-electron chi connectivity index (χ4n) is 1.73. The van der Waals surface area contributed by atoms with Crippen LogP contribution in [-0.2, 0) is 0 Å². The van der Waals surface area contributed by atoms with Crippen molar-refractivity contribution in [1.82, 2.24) is 4.90 Å². The number of nitrogens with zero attached hydrogens (tertiary/aromatic N) is 1. The molecule has 2 aromatic rings. The summed E-state index contributed by atoms with van der Waals surface area (Å²) >= 11 is 0. The molecule has 0 spiro atoms. The summed E-state index contributed by atoms with van der Waals surface area (Å²) in [4.78, 5) is 13.7. The molecule has 92 valence electrons. The number of carbonyl (C=O) groups is 1. The SMILES string of the molecule is CN(C)/C=C/C(=O)c1cc2ccccc2cc1O. The van der Waals surface area contributed by atoms with Crippen LogP contribution in [0.25, 0.3) is 10.8 Å². The van der Waals surface area contributed by atoms with Crippen LogP contribution < -0.4 is 0 Å². The molecule has 0 saturated heterocycles. The number of allylic oxidation sites excluding steroid dienone is 1. The van der Waals surface area contributed by atoms with E-state index in [1.54, 1.807) is 23.2 Å². The van der Waals surface area contributed by atoms with Crippen LogP contribution in [0.3, 0.4) is 0 Å². The number of benzene rings is 2. The number of fused-ring (bicyclic) bond motifs is 1. The fourth-order valence-corrected chi connectivity index (χ4v) is 1.73. The number of carbonyl (C=O) groups excluding carboxylic acids is 1. The zero-order valence-corrected chi connectivity index (χ0v) is 10.4. The van der Waals surface area contributed by atoms with E-state index in [-0.39, 0.29) is 11.5 Å². The van der Waals surface area contributed by atoms with Crippen LogP contribution in [0, 0.1) is 0 Å². The summed E-state index contributed by atoms with van der Waals surface area (Å²) in [6.45, 7) is 0. The van der Waals surface area contributed by atoms with Gasteiger partial charge in [-0.05, 0) is 22.9 Å². The van der Waals surface area contributed by atoms with Crippen molar-refractivity contribution in [2.75, 3.05) is 14.1 Å². The maximum atomic E-state index is 11.9. The molecule has 0 radical (unpaired) electrons. The van der Waals surface area contributed by atoms with Crippen LogP contribution in [0.4, 0.5) is 0 Å². The van der Waals surface area contributed by atoms with Crippen molar-refractivity contribution in [3.63, 3.8) is 0 Å². The van der Waals surface area contributed by atoms with Gasteiger partial charge < -0.3 is 10.0 Å². The van der Waals surface area contributed by atoms with Gasteiger partial charge in [0.1, 0.15) is 5.75 Å². The number of hydrogen-bond donors (Lipinski definition) is 1. The minimum atomic E-state index is -0.202. The minimum Gasteiger partial charge on any atom is -0.507 e. The highest BCUT2D eigenvalue weighted by Gasteiger charge is 2.09. The van der Waals surface area contributed by atoms with Crippen molar-refractivity contribution in [2.45, 2.75) is 0 Å². The molecule has 3 nitrogen and oxygen atoms in total. The van der Waals surface area contributed by atoms with E-state index in [4.69, 9.17) is 0 Å². The number of hydrogen-bond acceptors (Lipinski definition) is 3. The van der Waals surface area contributed by atoms with E-state index < -0.39 is 0 Å². The quantitative estimate of drug-likeness (QED) is 0.663. The Kier molecular flexibility index (Phi) is 3.33. The van der Waals surface area contributed by atoms with Crippen molar-refractivity contribution >= 4 is 16.6 Å². The van der Waals surface area contributed by atoms with Gasteiger partial charge in [0.05, 0.1) is 5.56 Å². The maximum absolute atomic E-state index is 11.9. The van der Waals surface area contributed by atoms with E-state index in [0.717, 1.165) is 10.8 Å². The molecule has 0 fully saturated rings. The molecule has 0 unspecified atom stereocenters. The van der Waals surface area contributed by atoms with Gasteiger partial charge in [0.25, 0.3) is 0 Å². The first-order valence-electron chi connectivity index (χ1n) is 5.68. The smallest absolute Gasteiger partial charge is 0.191 e. The van der Waals surface area contributed by atoms with E-state index >= 15 is 0 Å². The van der Waals surface area contributed by atoms with E-state index in [1.165, 1.54) is 6.08 Å². The Morgan fingerprint density at radius 2 is 1.78 bits per heavy atom. The van der Waals surface area contributed by atoms with Crippen LogP contribution in [0.1, 0.15) is 10.4 Å². The van der Waals surface area contributed by atoms with Gasteiger partial charge in [0, 0.05) is 26.4 Å². The molecule has 0 atom stereocenters. The highest BCUT2D eigenvalue weighted by Crippen LogP contribution is 2.25. The highest BCUT2D eigenvalue weighted by molar-refractivity contribution is 6.08. The lowest BCUT2D eigenvalue weighted by Gasteiger charge is -2.06. The molecule has 0 aliphatic heterocycles. The lowest BCUT2D eigenvalue weighted by Crippen LogP contribution is -2.03. The molecule has 2 aromatic carbocycles. The Morgan fingerprint density at radius 3 is 2.39 bits per heavy atom. The van der Waals surface area contributed by atoms with E-state index in [0.29, 0.717) is 5.56 Å². The highest BCUT2D eigenvalue weighted by atomic mass is 16.3. The van der Waals surface area contributed by atoms with Gasteiger partial charge >= 0.3 is 0 Å². The number of phenols is 1. The first-order chi connectivity index (χ1) is 8.58. The predicted octanol–water partition coefficient (Wildman–Crippen LogP) is 2.80. The lowest BCUT2D eigenvalue weighted by atomic mass is 10.0. The number of aromatic hydroxyl groups is 1. The summed E-state index contributed by atoms with van der Waals surface area (Å²) in [6, 6.07) is 11.0. The average Bonchev–Trinajstić information content (AvgIpc) is 2.35. The predicted molar refractivity (Wildman–Crippen MR) is 72.8 cm³/mol. The summed E-state index contributed by atoms with van der Waals surface area (Å²) in [6.07, 6.45) is 3.11. The van der Waals surface area contributed by atoms with Gasteiger partial charge in [0.2, 0.25) is 0 Å². The van der Waals surface area contributed by atoms with Crippen molar-refractivity contribution in [3.05, 3.63) is 54.2 Å². The Balaban J connectivity index is 2.44. The zero-order valence-electron chi connectivity index (χ0n) is 10.4. The minimum absolute atomic E-state index is 0.0158. The molecule has 1 N–H and O–H groups in total. The third kappa shape index (κ3) is 2.51. The monoisotopic (exact) mass is 241 g/mol. The summed E-state index contributed by atoms with van der Waals surface area (Å²) in [5.41, 5.74) is 0.326. The van der Waals surface area contributed by atoms with Crippen molar-refractivity contribution in [3.8, 4) is 5.75 Å². The molecule has 0 saturated carbocycles. The van der Waals surface area contributed by atoms with Crippen LogP contribution in [0.15, 0.2) is 48.7 Å². The van der Waals surface area contributed by atoms with E-state index in [2.05, 4.69) is 0 Å². The summed E-state index contributed by atoms with van der Waals surface area (Å²) in [5.74, 6) is -0.186. The third-order valence-electron chi connectivity index (χ3n) is 2.65. The van der Waals surface area contributed by atoms with Gasteiger partial charge in [0.15, 0.2) is 5.78 Å². The molecular formula is C15H15NO2. The third-order valence-corrected chi connectivity index (χ3v) is 2.65. The summed E-state index contributed by atoms with van der Waals surface area (Å²) in [7, 11) is 3.67. The van der Waals surface area contributed by atoms with Crippen molar-refractivity contribution in [2.24, 2.45) is 0 Å². The number of rotatable bonds is 3. The Labute approximate surface area is 106 Å². The van der Waals surface area contributed by atoms with Gasteiger partial charge in [-0.15, -0.1) is 0 Å². The first-order valence-corrected chi connectivity index (χ1v) is 5.68. The average molecular weight is 241 g/mol. The Morgan fingerprint density at radius 1 is 1.17 bits per heavy atom. The fraction of sp³-hybridized carbons (Fsp3) is 0.133. The molecule has 0 aliphatic rings. The van der Waals surface area contributed by atoms with E-state index in [9.17, 15) is 9.90 Å². The zero-order chi connectivity index (χ0) is 13.1. The lowest BCUT2D eigenvalue weighted by molar-refractivity contribution is 0.104. The van der Waals surface area contributed by atoms with Crippen LogP contribution in [-0.4, -0.2) is 29.9 Å².